The van der Waals surface area contributed by atoms with Crippen LogP contribution in [0.25, 0.3) is 11.1 Å². The van der Waals surface area contributed by atoms with E-state index in [1.54, 1.807) is 6.92 Å². The number of carboxylic acid groups (broad SMARTS) is 1. The molecule has 1 aliphatic carbocycles. The number of aliphatic carboxylic acids is 1. The minimum Gasteiger partial charge on any atom is -0.481 e. The van der Waals surface area contributed by atoms with Crippen molar-refractivity contribution in [2.75, 3.05) is 24.7 Å². The lowest BCUT2D eigenvalue weighted by molar-refractivity contribution is -0.137. The number of ether oxygens (including phenoxy) is 1. The summed E-state index contributed by atoms with van der Waals surface area (Å²) in [6.07, 6.45) is -0.596. The molecule has 164 valence electrons. The number of nitrogens with one attached hydrogen (secondary N) is 2. The van der Waals surface area contributed by atoms with Gasteiger partial charge in [-0.25, -0.2) is 4.79 Å². The van der Waals surface area contributed by atoms with E-state index < -0.39 is 18.1 Å². The van der Waals surface area contributed by atoms with Crippen LogP contribution < -0.4 is 10.6 Å². The summed E-state index contributed by atoms with van der Waals surface area (Å²) in [5.74, 6) is -0.405. The van der Waals surface area contributed by atoms with Gasteiger partial charge in [0.15, 0.2) is 0 Å². The third kappa shape index (κ3) is 6.24. The molecule has 0 aromatic heterocycles. The number of benzene rings is 2. The molecule has 1 aliphatic rings. The Kier molecular flexibility index (Phi) is 7.94. The fourth-order valence-electron chi connectivity index (χ4n) is 3.67. The number of amides is 2. The van der Waals surface area contributed by atoms with E-state index in [1.165, 1.54) is 22.9 Å². The zero-order valence-corrected chi connectivity index (χ0v) is 18.1. The summed E-state index contributed by atoms with van der Waals surface area (Å²) in [6.45, 7) is 2.28. The van der Waals surface area contributed by atoms with Crippen molar-refractivity contribution in [2.45, 2.75) is 25.3 Å². The Morgan fingerprint density at radius 1 is 1.06 bits per heavy atom. The highest BCUT2D eigenvalue weighted by molar-refractivity contribution is 7.99. The lowest BCUT2D eigenvalue weighted by Crippen LogP contribution is -2.35. The van der Waals surface area contributed by atoms with Gasteiger partial charge in [-0.05, 0) is 29.2 Å². The number of carbonyl (C=O) groups is 3. The summed E-state index contributed by atoms with van der Waals surface area (Å²) >= 11 is 1.36. The Balaban J connectivity index is 1.37. The zero-order valence-electron chi connectivity index (χ0n) is 17.3. The van der Waals surface area contributed by atoms with E-state index in [-0.39, 0.29) is 30.6 Å². The molecular formula is C23H26N2O5S. The zero-order chi connectivity index (χ0) is 22.2. The molecule has 31 heavy (non-hydrogen) atoms. The highest BCUT2D eigenvalue weighted by atomic mass is 32.2. The van der Waals surface area contributed by atoms with Gasteiger partial charge in [-0.1, -0.05) is 48.5 Å². The van der Waals surface area contributed by atoms with Gasteiger partial charge in [-0.2, -0.15) is 11.8 Å². The average Bonchev–Trinajstić information content (AvgIpc) is 3.05. The molecule has 0 bridgehead atoms. The number of alkyl carbamates (subject to hydrolysis) is 1. The molecule has 0 saturated carbocycles. The van der Waals surface area contributed by atoms with Crippen LogP contribution in [0.1, 0.15) is 30.4 Å². The van der Waals surface area contributed by atoms with E-state index in [9.17, 15) is 14.4 Å². The van der Waals surface area contributed by atoms with Crippen LogP contribution in [0.15, 0.2) is 48.5 Å². The first kappa shape index (κ1) is 22.7. The lowest BCUT2D eigenvalue weighted by atomic mass is 9.98. The fourth-order valence-corrected chi connectivity index (χ4v) is 4.33. The minimum atomic E-state index is -0.951. The van der Waals surface area contributed by atoms with Crippen molar-refractivity contribution in [1.82, 2.24) is 10.6 Å². The molecular weight excluding hydrogens is 416 g/mol. The summed E-state index contributed by atoms with van der Waals surface area (Å²) in [5, 5.41) is 14.0. The predicted octanol–water partition coefficient (Wildman–Crippen LogP) is 3.24. The van der Waals surface area contributed by atoms with E-state index in [0.29, 0.717) is 12.3 Å². The number of carboxylic acids is 1. The molecule has 2 amide bonds. The van der Waals surface area contributed by atoms with E-state index in [4.69, 9.17) is 9.84 Å². The molecule has 3 rings (SSSR count). The van der Waals surface area contributed by atoms with Crippen LogP contribution in [-0.2, 0) is 14.3 Å². The molecule has 2 aromatic rings. The van der Waals surface area contributed by atoms with Crippen LogP contribution in [0.4, 0.5) is 4.79 Å². The minimum absolute atomic E-state index is 0.0176. The molecule has 0 fully saturated rings. The largest absolute Gasteiger partial charge is 0.481 e. The van der Waals surface area contributed by atoms with Gasteiger partial charge in [0, 0.05) is 24.3 Å². The Morgan fingerprint density at radius 2 is 1.68 bits per heavy atom. The second-order valence-corrected chi connectivity index (χ2v) is 8.48. The van der Waals surface area contributed by atoms with Crippen molar-refractivity contribution in [3.05, 3.63) is 59.7 Å². The van der Waals surface area contributed by atoms with E-state index in [0.717, 1.165) is 11.1 Å². The van der Waals surface area contributed by atoms with Crippen LogP contribution >= 0.6 is 11.8 Å². The van der Waals surface area contributed by atoms with Crippen molar-refractivity contribution in [3.63, 3.8) is 0 Å². The summed E-state index contributed by atoms with van der Waals surface area (Å²) in [5.41, 5.74) is 4.68. The second-order valence-electron chi connectivity index (χ2n) is 7.37. The van der Waals surface area contributed by atoms with Gasteiger partial charge < -0.3 is 20.5 Å². The van der Waals surface area contributed by atoms with Crippen LogP contribution in [0.5, 0.6) is 0 Å². The maximum Gasteiger partial charge on any atom is 0.407 e. The molecule has 1 atom stereocenters. The maximum atomic E-state index is 12.1. The van der Waals surface area contributed by atoms with Crippen molar-refractivity contribution in [2.24, 2.45) is 0 Å². The van der Waals surface area contributed by atoms with Crippen molar-refractivity contribution in [3.8, 4) is 11.1 Å². The summed E-state index contributed by atoms with van der Waals surface area (Å²) in [7, 11) is 0. The van der Waals surface area contributed by atoms with E-state index in [2.05, 4.69) is 34.9 Å². The number of carbonyl (C=O) groups excluding carboxylic acids is 2. The Hall–Kier alpha value is -3.00. The smallest absolute Gasteiger partial charge is 0.407 e. The highest BCUT2D eigenvalue weighted by Crippen LogP contribution is 2.44. The van der Waals surface area contributed by atoms with Gasteiger partial charge in [0.05, 0.1) is 12.2 Å². The number of rotatable bonds is 10. The number of thioether (sulfide) groups is 1. The maximum absolute atomic E-state index is 12.1. The molecule has 0 radical (unpaired) electrons. The van der Waals surface area contributed by atoms with Gasteiger partial charge >= 0.3 is 12.1 Å². The topological polar surface area (TPSA) is 105 Å². The molecule has 0 heterocycles. The highest BCUT2D eigenvalue weighted by Gasteiger charge is 2.28. The number of hydrogen-bond donors (Lipinski definition) is 3. The predicted molar refractivity (Wildman–Crippen MR) is 120 cm³/mol. The van der Waals surface area contributed by atoms with Crippen LogP contribution in [-0.4, -0.2) is 53.8 Å². The van der Waals surface area contributed by atoms with Crippen molar-refractivity contribution in [1.29, 1.82) is 0 Å². The Labute approximate surface area is 185 Å². The molecule has 2 aromatic carbocycles. The SMILES string of the molecule is C[C@@H](CC(=O)O)NC(=O)CSCCNC(=O)OCC1c2ccccc2-c2ccccc21. The molecule has 0 unspecified atom stereocenters. The fraction of sp³-hybridized carbons (Fsp3) is 0.348. The van der Waals surface area contributed by atoms with E-state index in [1.807, 2.05) is 24.3 Å². The average molecular weight is 443 g/mol. The van der Waals surface area contributed by atoms with Gasteiger partial charge in [-0.3, -0.25) is 9.59 Å². The summed E-state index contributed by atoms with van der Waals surface area (Å²) in [4.78, 5) is 34.4. The number of hydrogen-bond acceptors (Lipinski definition) is 5. The third-order valence-corrected chi connectivity index (χ3v) is 5.94. The lowest BCUT2D eigenvalue weighted by Gasteiger charge is -2.14. The van der Waals surface area contributed by atoms with Crippen molar-refractivity contribution < 1.29 is 24.2 Å². The molecule has 8 heteroatoms. The van der Waals surface area contributed by atoms with Crippen molar-refractivity contribution >= 4 is 29.7 Å². The first-order valence-electron chi connectivity index (χ1n) is 10.1. The van der Waals surface area contributed by atoms with Gasteiger partial charge in [-0.15, -0.1) is 0 Å². The third-order valence-electron chi connectivity index (χ3n) is 4.98. The Bertz CT molecular complexity index is 904. The monoisotopic (exact) mass is 442 g/mol. The molecule has 0 aliphatic heterocycles. The Morgan fingerprint density at radius 3 is 2.29 bits per heavy atom. The second kappa shape index (κ2) is 10.9. The normalized spacial score (nSPS) is 13.1. The molecule has 7 nitrogen and oxygen atoms in total. The van der Waals surface area contributed by atoms with Gasteiger partial charge in [0.2, 0.25) is 5.91 Å². The summed E-state index contributed by atoms with van der Waals surface area (Å²) in [6, 6.07) is 15.9. The first-order valence-corrected chi connectivity index (χ1v) is 11.3. The van der Waals surface area contributed by atoms with Crippen LogP contribution in [0, 0.1) is 0 Å². The van der Waals surface area contributed by atoms with E-state index >= 15 is 0 Å². The van der Waals surface area contributed by atoms with Gasteiger partial charge in [0.1, 0.15) is 6.61 Å². The van der Waals surface area contributed by atoms with Gasteiger partial charge in [0.25, 0.3) is 0 Å². The standard InChI is InChI=1S/C23H26N2O5S/c1-15(12-22(27)28)25-21(26)14-31-11-10-24-23(29)30-13-20-18-8-4-2-6-16(18)17-7-3-5-9-19(17)20/h2-9,15,20H,10-14H2,1H3,(H,24,29)(H,25,26)(H,27,28)/t15-/m0/s1. The molecule has 3 N–H and O–H groups in total. The molecule has 0 saturated heterocycles. The quantitative estimate of drug-likeness (QED) is 0.488. The van der Waals surface area contributed by atoms with Crippen LogP contribution in [0.3, 0.4) is 0 Å². The van der Waals surface area contributed by atoms with Crippen LogP contribution in [0.2, 0.25) is 0 Å². The molecule has 0 spiro atoms. The summed E-state index contributed by atoms with van der Waals surface area (Å²) < 4.78 is 5.46. The number of fused-ring (bicyclic) bond motifs is 3. The first-order chi connectivity index (χ1) is 15.0.